The molecule has 1 atom stereocenters. The third kappa shape index (κ3) is 7.22. The normalized spacial score (nSPS) is 17.6. The minimum atomic E-state index is 0.147. The van der Waals surface area contributed by atoms with Crippen LogP contribution in [0.15, 0.2) is 23.2 Å². The first-order chi connectivity index (χ1) is 12.6. The maximum atomic E-state index is 6.15. The molecule has 2 rings (SSSR count). The van der Waals surface area contributed by atoms with Crippen LogP contribution in [0.25, 0.3) is 0 Å². The summed E-state index contributed by atoms with van der Waals surface area (Å²) in [4.78, 5) is 4.28. The molecule has 1 heterocycles. The molecule has 0 aliphatic carbocycles. The number of nitrogens with zero attached hydrogens (tertiary/aromatic N) is 1. The van der Waals surface area contributed by atoms with Gasteiger partial charge in [-0.25, -0.2) is 0 Å². The summed E-state index contributed by atoms with van der Waals surface area (Å²) < 4.78 is 17.1. The van der Waals surface area contributed by atoms with E-state index in [9.17, 15) is 0 Å². The third-order valence-electron chi connectivity index (χ3n) is 4.14. The summed E-state index contributed by atoms with van der Waals surface area (Å²) in [6, 6.07) is 6.31. The van der Waals surface area contributed by atoms with Crippen LogP contribution in [0.3, 0.4) is 0 Å². The predicted molar refractivity (Wildman–Crippen MR) is 105 cm³/mol. The zero-order valence-corrected chi connectivity index (χ0v) is 16.5. The summed E-state index contributed by atoms with van der Waals surface area (Å²) >= 11 is 0. The van der Waals surface area contributed by atoms with Crippen molar-refractivity contribution in [3.8, 4) is 5.75 Å². The molecular formula is C20H33N3O3. The summed E-state index contributed by atoms with van der Waals surface area (Å²) in [5, 5.41) is 6.67. The molecule has 1 aromatic carbocycles. The number of hydrogen-bond acceptors (Lipinski definition) is 4. The van der Waals surface area contributed by atoms with Crippen LogP contribution in [0.2, 0.25) is 0 Å². The van der Waals surface area contributed by atoms with Crippen molar-refractivity contribution in [2.45, 2.75) is 52.4 Å². The molecule has 6 heteroatoms. The Kier molecular flexibility index (Phi) is 8.71. The van der Waals surface area contributed by atoms with E-state index in [1.165, 1.54) is 5.56 Å². The van der Waals surface area contributed by atoms with E-state index in [2.05, 4.69) is 40.7 Å². The molecule has 1 aromatic rings. The molecule has 1 saturated heterocycles. The van der Waals surface area contributed by atoms with Crippen molar-refractivity contribution in [3.05, 3.63) is 29.3 Å². The van der Waals surface area contributed by atoms with Crippen molar-refractivity contribution in [2.75, 3.05) is 33.4 Å². The SMILES string of the molecule is CN=C(NCCCOC(C)C)NCc1ccc(C)cc1OC1CCOC1. The number of aliphatic imine (C=N–C) groups is 1. The highest BCUT2D eigenvalue weighted by atomic mass is 16.5. The second-order valence-electron chi connectivity index (χ2n) is 6.84. The van der Waals surface area contributed by atoms with Gasteiger partial charge in [0.1, 0.15) is 11.9 Å². The zero-order chi connectivity index (χ0) is 18.8. The summed E-state index contributed by atoms with van der Waals surface area (Å²) in [5.74, 6) is 1.71. The molecule has 0 radical (unpaired) electrons. The van der Waals surface area contributed by atoms with Crippen molar-refractivity contribution in [1.29, 1.82) is 0 Å². The van der Waals surface area contributed by atoms with Gasteiger partial charge in [-0.15, -0.1) is 0 Å². The van der Waals surface area contributed by atoms with Crippen LogP contribution in [-0.4, -0.2) is 51.6 Å². The molecule has 0 bridgehead atoms. The third-order valence-corrected chi connectivity index (χ3v) is 4.14. The van der Waals surface area contributed by atoms with E-state index >= 15 is 0 Å². The van der Waals surface area contributed by atoms with Crippen LogP contribution < -0.4 is 15.4 Å². The fraction of sp³-hybridized carbons (Fsp3) is 0.650. The molecule has 1 fully saturated rings. The fourth-order valence-electron chi connectivity index (χ4n) is 2.70. The van der Waals surface area contributed by atoms with E-state index in [1.807, 2.05) is 13.8 Å². The van der Waals surface area contributed by atoms with Gasteiger partial charge in [-0.05, 0) is 38.8 Å². The minimum absolute atomic E-state index is 0.147. The summed E-state index contributed by atoms with van der Waals surface area (Å²) in [5.41, 5.74) is 2.31. The number of rotatable bonds is 9. The zero-order valence-electron chi connectivity index (χ0n) is 16.5. The van der Waals surface area contributed by atoms with E-state index in [0.29, 0.717) is 13.2 Å². The van der Waals surface area contributed by atoms with Gasteiger partial charge in [0, 0.05) is 38.7 Å². The first kappa shape index (κ1) is 20.5. The Hall–Kier alpha value is -1.79. The topological polar surface area (TPSA) is 64.1 Å². The van der Waals surface area contributed by atoms with Crippen molar-refractivity contribution in [1.82, 2.24) is 10.6 Å². The first-order valence-corrected chi connectivity index (χ1v) is 9.48. The summed E-state index contributed by atoms with van der Waals surface area (Å²) in [6.07, 6.45) is 2.31. The van der Waals surface area contributed by atoms with Gasteiger partial charge in [0.15, 0.2) is 5.96 Å². The van der Waals surface area contributed by atoms with E-state index < -0.39 is 0 Å². The Morgan fingerprint density at radius 1 is 1.35 bits per heavy atom. The fourth-order valence-corrected chi connectivity index (χ4v) is 2.70. The van der Waals surface area contributed by atoms with Gasteiger partial charge in [-0.1, -0.05) is 12.1 Å². The maximum absolute atomic E-state index is 6.15. The Morgan fingerprint density at radius 3 is 2.88 bits per heavy atom. The molecule has 0 aromatic heterocycles. The number of hydrogen-bond donors (Lipinski definition) is 2. The molecule has 1 unspecified atom stereocenters. The molecule has 2 N–H and O–H groups in total. The number of aryl methyl sites for hydroxylation is 1. The highest BCUT2D eigenvalue weighted by molar-refractivity contribution is 5.79. The Labute approximate surface area is 157 Å². The van der Waals surface area contributed by atoms with Gasteiger partial charge < -0.3 is 24.8 Å². The molecule has 146 valence electrons. The highest BCUT2D eigenvalue weighted by Gasteiger charge is 2.18. The average Bonchev–Trinajstić information content (AvgIpc) is 3.11. The van der Waals surface area contributed by atoms with Crippen molar-refractivity contribution >= 4 is 5.96 Å². The van der Waals surface area contributed by atoms with Crippen LogP contribution in [0.4, 0.5) is 0 Å². The Morgan fingerprint density at radius 2 is 2.19 bits per heavy atom. The largest absolute Gasteiger partial charge is 0.488 e. The molecule has 0 saturated carbocycles. The standard InChI is InChI=1S/C20H33N3O3/c1-15(2)25-10-5-9-22-20(21-4)23-13-17-7-6-16(3)12-19(17)26-18-8-11-24-14-18/h6-7,12,15,18H,5,8-11,13-14H2,1-4H3,(H2,21,22,23). The van der Waals surface area contributed by atoms with Crippen molar-refractivity contribution in [3.63, 3.8) is 0 Å². The lowest BCUT2D eigenvalue weighted by molar-refractivity contribution is 0.0776. The summed E-state index contributed by atoms with van der Waals surface area (Å²) in [7, 11) is 1.78. The lowest BCUT2D eigenvalue weighted by atomic mass is 10.1. The highest BCUT2D eigenvalue weighted by Crippen LogP contribution is 2.23. The van der Waals surface area contributed by atoms with Crippen LogP contribution in [0, 0.1) is 6.92 Å². The predicted octanol–water partition coefficient (Wildman–Crippen LogP) is 2.64. The van der Waals surface area contributed by atoms with Crippen LogP contribution in [-0.2, 0) is 16.0 Å². The van der Waals surface area contributed by atoms with E-state index in [1.54, 1.807) is 7.05 Å². The van der Waals surface area contributed by atoms with Gasteiger partial charge in [-0.2, -0.15) is 0 Å². The second-order valence-corrected chi connectivity index (χ2v) is 6.84. The monoisotopic (exact) mass is 363 g/mol. The molecule has 1 aliphatic heterocycles. The van der Waals surface area contributed by atoms with Gasteiger partial charge in [0.25, 0.3) is 0 Å². The van der Waals surface area contributed by atoms with Crippen molar-refractivity contribution < 1.29 is 14.2 Å². The van der Waals surface area contributed by atoms with Gasteiger partial charge in [0.2, 0.25) is 0 Å². The molecule has 1 aliphatic rings. The number of nitrogens with one attached hydrogen (secondary N) is 2. The van der Waals surface area contributed by atoms with Gasteiger partial charge >= 0.3 is 0 Å². The van der Waals surface area contributed by atoms with E-state index in [0.717, 1.165) is 49.9 Å². The first-order valence-electron chi connectivity index (χ1n) is 9.48. The second kappa shape index (κ2) is 11.0. The molecule has 0 amide bonds. The lowest BCUT2D eigenvalue weighted by Crippen LogP contribution is -2.37. The number of benzene rings is 1. The van der Waals surface area contributed by atoms with E-state index in [4.69, 9.17) is 14.2 Å². The quantitative estimate of drug-likeness (QED) is 0.401. The average molecular weight is 364 g/mol. The Balaban J connectivity index is 1.82. The van der Waals surface area contributed by atoms with E-state index in [-0.39, 0.29) is 12.2 Å². The minimum Gasteiger partial charge on any atom is -0.488 e. The number of ether oxygens (including phenoxy) is 3. The smallest absolute Gasteiger partial charge is 0.191 e. The van der Waals surface area contributed by atoms with Crippen molar-refractivity contribution in [2.24, 2.45) is 4.99 Å². The maximum Gasteiger partial charge on any atom is 0.191 e. The van der Waals surface area contributed by atoms with Crippen LogP contribution in [0.5, 0.6) is 5.75 Å². The molecule has 6 nitrogen and oxygen atoms in total. The summed E-state index contributed by atoms with van der Waals surface area (Å²) in [6.45, 7) is 9.85. The molecule has 26 heavy (non-hydrogen) atoms. The van der Waals surface area contributed by atoms with Crippen LogP contribution >= 0.6 is 0 Å². The lowest BCUT2D eigenvalue weighted by Gasteiger charge is -2.18. The van der Waals surface area contributed by atoms with Gasteiger partial charge in [-0.3, -0.25) is 4.99 Å². The molecule has 0 spiro atoms. The number of guanidine groups is 1. The van der Waals surface area contributed by atoms with Gasteiger partial charge in [0.05, 0.1) is 19.3 Å². The Bertz CT molecular complexity index is 569. The molecular weight excluding hydrogens is 330 g/mol. The van der Waals surface area contributed by atoms with Crippen LogP contribution in [0.1, 0.15) is 37.8 Å².